The molecular weight excluding hydrogens is 152 g/mol. The number of aliphatic hydroxyl groups excluding tert-OH is 3. The van der Waals surface area contributed by atoms with Crippen molar-refractivity contribution in [2.24, 2.45) is 0 Å². The van der Waals surface area contributed by atoms with Crippen molar-refractivity contribution < 1.29 is 15.3 Å². The zero-order chi connectivity index (χ0) is 7.56. The summed E-state index contributed by atoms with van der Waals surface area (Å²) in [6.07, 6.45) is -0.742. The number of aliphatic hydroxyl groups is 3. The molecule has 3 atom stereocenters. The summed E-state index contributed by atoms with van der Waals surface area (Å²) in [5, 5.41) is 26.9. The van der Waals surface area contributed by atoms with Crippen molar-refractivity contribution in [1.29, 1.82) is 0 Å². The van der Waals surface area contributed by atoms with Gasteiger partial charge < -0.3 is 15.3 Å². The highest BCUT2D eigenvalue weighted by molar-refractivity contribution is 8.00. The minimum absolute atomic E-state index is 0.0917. The Balaban J connectivity index is 2.33. The Bertz CT molecular complexity index is 109. The molecule has 0 aromatic heterocycles. The van der Waals surface area contributed by atoms with Gasteiger partial charge in [0.25, 0.3) is 0 Å². The van der Waals surface area contributed by atoms with E-state index in [2.05, 4.69) is 0 Å². The topological polar surface area (TPSA) is 60.7 Å². The van der Waals surface area contributed by atoms with Crippen LogP contribution in [0.2, 0.25) is 0 Å². The normalized spacial score (nSPS) is 41.7. The van der Waals surface area contributed by atoms with Crippen molar-refractivity contribution in [3.8, 4) is 0 Å². The lowest BCUT2D eigenvalue weighted by Crippen LogP contribution is -2.37. The summed E-state index contributed by atoms with van der Waals surface area (Å²) in [5.74, 6) is 0.534. The Morgan fingerprint density at radius 2 is 2.00 bits per heavy atom. The molecule has 0 spiro atoms. The van der Waals surface area contributed by atoms with Crippen LogP contribution in [-0.4, -0.2) is 45.1 Å². The molecule has 0 radical (unpaired) electrons. The second kappa shape index (κ2) is 3.57. The minimum Gasteiger partial charge on any atom is -0.395 e. The van der Waals surface area contributed by atoms with Crippen LogP contribution in [0.4, 0.5) is 0 Å². The van der Waals surface area contributed by atoms with Crippen molar-refractivity contribution in [1.82, 2.24) is 0 Å². The average molecular weight is 164 g/mol. The average Bonchev–Trinajstić information content (AvgIpc) is 1.95. The van der Waals surface area contributed by atoms with Crippen molar-refractivity contribution in [3.63, 3.8) is 0 Å². The van der Waals surface area contributed by atoms with Crippen LogP contribution in [0.25, 0.3) is 0 Å². The van der Waals surface area contributed by atoms with Crippen LogP contribution in [0.15, 0.2) is 0 Å². The maximum atomic E-state index is 9.10. The molecule has 0 bridgehead atoms. The Hall–Kier alpha value is 0.230. The van der Waals surface area contributed by atoms with Crippen molar-refractivity contribution in [2.45, 2.75) is 23.9 Å². The third kappa shape index (κ3) is 1.85. The molecule has 1 heterocycles. The van der Waals surface area contributed by atoms with Crippen LogP contribution in [0.5, 0.6) is 0 Å². The number of thioether (sulfide) groups is 1. The SMILES string of the molecule is OCC1CC(O)C(O)CS1. The first-order chi connectivity index (χ1) is 4.74. The van der Waals surface area contributed by atoms with Gasteiger partial charge in [0.2, 0.25) is 0 Å². The van der Waals surface area contributed by atoms with Crippen molar-refractivity contribution in [2.75, 3.05) is 12.4 Å². The van der Waals surface area contributed by atoms with Crippen LogP contribution in [0.3, 0.4) is 0 Å². The van der Waals surface area contributed by atoms with Crippen molar-refractivity contribution in [3.05, 3.63) is 0 Å². The minimum atomic E-state index is -0.640. The number of rotatable bonds is 1. The maximum Gasteiger partial charge on any atom is 0.0889 e. The lowest BCUT2D eigenvalue weighted by atomic mass is 10.1. The molecule has 1 rings (SSSR count). The zero-order valence-corrected chi connectivity index (χ0v) is 6.42. The van der Waals surface area contributed by atoms with E-state index in [-0.39, 0.29) is 11.9 Å². The van der Waals surface area contributed by atoms with Gasteiger partial charge in [0.15, 0.2) is 0 Å². The van der Waals surface area contributed by atoms with E-state index >= 15 is 0 Å². The van der Waals surface area contributed by atoms with Crippen molar-refractivity contribution >= 4 is 11.8 Å². The molecule has 10 heavy (non-hydrogen) atoms. The molecular formula is C6H12O3S. The van der Waals surface area contributed by atoms with Crippen LogP contribution in [0, 0.1) is 0 Å². The summed E-state index contributed by atoms with van der Waals surface area (Å²) in [4.78, 5) is 0. The summed E-state index contributed by atoms with van der Waals surface area (Å²) < 4.78 is 0. The molecule has 1 fully saturated rings. The Morgan fingerprint density at radius 1 is 1.30 bits per heavy atom. The first-order valence-corrected chi connectivity index (χ1v) is 4.37. The number of hydrogen-bond donors (Lipinski definition) is 3. The molecule has 1 aliphatic rings. The first-order valence-electron chi connectivity index (χ1n) is 3.32. The molecule has 4 heteroatoms. The van der Waals surface area contributed by atoms with Gasteiger partial charge in [-0.3, -0.25) is 0 Å². The lowest BCUT2D eigenvalue weighted by molar-refractivity contribution is 0.0216. The molecule has 60 valence electrons. The highest BCUT2D eigenvalue weighted by atomic mass is 32.2. The molecule has 0 aromatic rings. The van der Waals surface area contributed by atoms with Gasteiger partial charge in [0.1, 0.15) is 0 Å². The molecule has 3 unspecified atom stereocenters. The van der Waals surface area contributed by atoms with Gasteiger partial charge in [-0.2, -0.15) is 11.8 Å². The smallest absolute Gasteiger partial charge is 0.0889 e. The first kappa shape index (κ1) is 8.33. The van der Waals surface area contributed by atoms with Crippen LogP contribution < -0.4 is 0 Å². The molecule has 0 amide bonds. The molecule has 0 aliphatic carbocycles. The highest BCUT2D eigenvalue weighted by Crippen LogP contribution is 2.24. The van der Waals surface area contributed by atoms with E-state index < -0.39 is 12.2 Å². The van der Waals surface area contributed by atoms with Crippen LogP contribution in [0.1, 0.15) is 6.42 Å². The highest BCUT2D eigenvalue weighted by Gasteiger charge is 2.27. The quantitative estimate of drug-likeness (QED) is 0.475. The summed E-state index contributed by atoms with van der Waals surface area (Å²) >= 11 is 1.52. The van der Waals surface area contributed by atoms with E-state index in [1.165, 1.54) is 11.8 Å². The summed E-state index contributed by atoms with van der Waals surface area (Å²) in [6.45, 7) is 0.0917. The Kier molecular flexibility index (Phi) is 2.97. The summed E-state index contributed by atoms with van der Waals surface area (Å²) in [7, 11) is 0. The standard InChI is InChI=1S/C6H12O3S/c7-2-4-1-5(8)6(9)3-10-4/h4-9H,1-3H2. The fraction of sp³-hybridized carbons (Fsp3) is 1.00. The third-order valence-corrected chi connectivity index (χ3v) is 3.00. The molecule has 1 aliphatic heterocycles. The van der Waals surface area contributed by atoms with Crippen LogP contribution in [-0.2, 0) is 0 Å². The van der Waals surface area contributed by atoms with E-state index in [1.807, 2.05) is 0 Å². The summed E-state index contributed by atoms with van der Waals surface area (Å²) in [5.41, 5.74) is 0. The second-order valence-corrected chi connectivity index (χ2v) is 3.84. The van der Waals surface area contributed by atoms with E-state index in [0.29, 0.717) is 12.2 Å². The van der Waals surface area contributed by atoms with Gasteiger partial charge in [-0.15, -0.1) is 0 Å². The molecule has 0 aromatic carbocycles. The predicted octanol–water partition coefficient (Wildman–Crippen LogP) is -0.794. The van der Waals surface area contributed by atoms with E-state index in [4.69, 9.17) is 15.3 Å². The van der Waals surface area contributed by atoms with Gasteiger partial charge in [-0.25, -0.2) is 0 Å². The molecule has 1 saturated heterocycles. The molecule has 3 N–H and O–H groups in total. The van der Waals surface area contributed by atoms with Gasteiger partial charge in [-0.1, -0.05) is 0 Å². The largest absolute Gasteiger partial charge is 0.395 e. The fourth-order valence-electron chi connectivity index (χ4n) is 0.967. The van der Waals surface area contributed by atoms with Gasteiger partial charge >= 0.3 is 0 Å². The van der Waals surface area contributed by atoms with E-state index in [9.17, 15) is 0 Å². The fourth-order valence-corrected chi connectivity index (χ4v) is 2.10. The van der Waals surface area contributed by atoms with Crippen LogP contribution >= 0.6 is 11.8 Å². The predicted molar refractivity (Wildman–Crippen MR) is 40.0 cm³/mol. The van der Waals surface area contributed by atoms with Gasteiger partial charge in [0, 0.05) is 11.0 Å². The summed E-state index contributed by atoms with van der Waals surface area (Å²) in [6, 6.07) is 0. The molecule has 0 saturated carbocycles. The van der Waals surface area contributed by atoms with E-state index in [1.54, 1.807) is 0 Å². The van der Waals surface area contributed by atoms with Gasteiger partial charge in [-0.05, 0) is 6.42 Å². The Morgan fingerprint density at radius 3 is 2.50 bits per heavy atom. The maximum absolute atomic E-state index is 9.10. The lowest BCUT2D eigenvalue weighted by Gasteiger charge is -2.28. The number of hydrogen-bond acceptors (Lipinski definition) is 4. The monoisotopic (exact) mass is 164 g/mol. The molecule has 3 nitrogen and oxygen atoms in total. The zero-order valence-electron chi connectivity index (χ0n) is 5.60. The second-order valence-electron chi connectivity index (χ2n) is 2.51. The van der Waals surface area contributed by atoms with Gasteiger partial charge in [0.05, 0.1) is 18.8 Å². The third-order valence-electron chi connectivity index (χ3n) is 1.65. The Labute approximate surface area is 64.1 Å². The van der Waals surface area contributed by atoms with E-state index in [0.717, 1.165) is 0 Å².